The summed E-state index contributed by atoms with van der Waals surface area (Å²) >= 11 is 0. The minimum absolute atomic E-state index is 0.683. The second kappa shape index (κ2) is 2.88. The van der Waals surface area contributed by atoms with Gasteiger partial charge in [-0.15, -0.1) is 0 Å². The molecule has 0 saturated heterocycles. The topological polar surface area (TPSA) is 3.24 Å². The minimum Gasteiger partial charge on any atom is -0.374 e. The van der Waals surface area contributed by atoms with Gasteiger partial charge in [0.05, 0.1) is 0 Å². The fraction of sp³-hybridized carbons (Fsp3) is 0.385. The fourth-order valence-electron chi connectivity index (χ4n) is 2.82. The molecule has 0 spiro atoms. The van der Waals surface area contributed by atoms with Crippen LogP contribution >= 0.6 is 0 Å². The third-order valence-corrected chi connectivity index (χ3v) is 3.51. The normalized spacial score (nSPS) is 28.8. The number of fused-ring (bicyclic) bond motifs is 3. The largest absolute Gasteiger partial charge is 0.374 e. The van der Waals surface area contributed by atoms with Crippen LogP contribution in [0.5, 0.6) is 0 Å². The van der Waals surface area contributed by atoms with Crippen LogP contribution in [0.4, 0.5) is 5.69 Å². The van der Waals surface area contributed by atoms with Gasteiger partial charge in [-0.3, -0.25) is 0 Å². The summed E-state index contributed by atoms with van der Waals surface area (Å²) in [7, 11) is 2.20. The number of nitrogens with zero attached hydrogens (tertiary/aromatic N) is 1. The molecule has 1 heterocycles. The van der Waals surface area contributed by atoms with Crippen molar-refractivity contribution in [3.63, 3.8) is 0 Å². The molecule has 0 bridgehead atoms. The van der Waals surface area contributed by atoms with Gasteiger partial charge in [0.1, 0.15) is 0 Å². The first kappa shape index (κ1) is 8.10. The van der Waals surface area contributed by atoms with Gasteiger partial charge in [-0.1, -0.05) is 30.4 Å². The van der Waals surface area contributed by atoms with Crippen molar-refractivity contribution in [3.8, 4) is 0 Å². The zero-order chi connectivity index (χ0) is 9.54. The minimum atomic E-state index is 0.683. The average Bonchev–Trinajstić information content (AvgIpc) is 2.66. The SMILES string of the molecule is CN1C[C@H]2CC=C[C@H]2c2ccccc21. The molecule has 3 rings (SSSR count). The van der Waals surface area contributed by atoms with Crippen LogP contribution in [0.1, 0.15) is 17.9 Å². The van der Waals surface area contributed by atoms with Crippen molar-refractivity contribution in [3.05, 3.63) is 42.0 Å². The van der Waals surface area contributed by atoms with E-state index in [0.29, 0.717) is 5.92 Å². The van der Waals surface area contributed by atoms with Gasteiger partial charge in [-0.2, -0.15) is 0 Å². The maximum Gasteiger partial charge on any atom is 0.0402 e. The number of anilines is 1. The molecule has 1 aromatic carbocycles. The summed E-state index contributed by atoms with van der Waals surface area (Å²) in [6.07, 6.45) is 5.98. The number of para-hydroxylation sites is 1. The molecule has 14 heavy (non-hydrogen) atoms. The Balaban J connectivity index is 2.13. The summed E-state index contributed by atoms with van der Waals surface area (Å²) in [5, 5.41) is 0. The van der Waals surface area contributed by atoms with E-state index in [1.54, 1.807) is 0 Å². The van der Waals surface area contributed by atoms with E-state index in [9.17, 15) is 0 Å². The monoisotopic (exact) mass is 185 g/mol. The highest BCUT2D eigenvalue weighted by molar-refractivity contribution is 5.58. The maximum atomic E-state index is 2.39. The van der Waals surface area contributed by atoms with E-state index >= 15 is 0 Å². The molecule has 2 aliphatic rings. The second-order valence-electron chi connectivity index (χ2n) is 4.39. The molecule has 0 radical (unpaired) electrons. The van der Waals surface area contributed by atoms with Crippen LogP contribution in [0, 0.1) is 5.92 Å². The Morgan fingerprint density at radius 1 is 1.29 bits per heavy atom. The summed E-state index contributed by atoms with van der Waals surface area (Å²) in [6.45, 7) is 1.20. The fourth-order valence-corrected chi connectivity index (χ4v) is 2.82. The zero-order valence-corrected chi connectivity index (χ0v) is 8.48. The highest BCUT2D eigenvalue weighted by Gasteiger charge is 2.31. The Labute approximate surface area is 85.0 Å². The highest BCUT2D eigenvalue weighted by Crippen LogP contribution is 2.43. The quantitative estimate of drug-likeness (QED) is 0.562. The Hall–Kier alpha value is -1.24. The molecule has 1 heteroatoms. The van der Waals surface area contributed by atoms with Crippen molar-refractivity contribution in [1.29, 1.82) is 0 Å². The Bertz CT molecular complexity index is 381. The number of rotatable bonds is 0. The molecule has 72 valence electrons. The predicted molar refractivity (Wildman–Crippen MR) is 59.7 cm³/mol. The highest BCUT2D eigenvalue weighted by atomic mass is 15.1. The van der Waals surface area contributed by atoms with Gasteiger partial charge in [-0.25, -0.2) is 0 Å². The molecule has 1 nitrogen and oxygen atoms in total. The lowest BCUT2D eigenvalue weighted by Gasteiger charge is -2.35. The average molecular weight is 185 g/mol. The van der Waals surface area contributed by atoms with E-state index in [1.807, 2.05) is 0 Å². The van der Waals surface area contributed by atoms with Gasteiger partial charge in [0, 0.05) is 25.2 Å². The Morgan fingerprint density at radius 3 is 3.07 bits per heavy atom. The molecule has 0 unspecified atom stereocenters. The molecule has 0 fully saturated rings. The van der Waals surface area contributed by atoms with E-state index in [1.165, 1.54) is 24.2 Å². The zero-order valence-electron chi connectivity index (χ0n) is 8.48. The van der Waals surface area contributed by atoms with Crippen molar-refractivity contribution in [1.82, 2.24) is 0 Å². The van der Waals surface area contributed by atoms with Crippen LogP contribution in [0.25, 0.3) is 0 Å². The van der Waals surface area contributed by atoms with Gasteiger partial charge in [0.2, 0.25) is 0 Å². The third-order valence-electron chi connectivity index (χ3n) is 3.51. The van der Waals surface area contributed by atoms with E-state index < -0.39 is 0 Å². The van der Waals surface area contributed by atoms with Gasteiger partial charge in [0.15, 0.2) is 0 Å². The summed E-state index contributed by atoms with van der Waals surface area (Å²) in [5.41, 5.74) is 2.93. The summed E-state index contributed by atoms with van der Waals surface area (Å²) in [6, 6.07) is 8.80. The Morgan fingerprint density at radius 2 is 2.14 bits per heavy atom. The number of allylic oxidation sites excluding steroid dienone is 2. The van der Waals surface area contributed by atoms with Crippen LogP contribution in [0.2, 0.25) is 0 Å². The lowest BCUT2D eigenvalue weighted by Crippen LogP contribution is -2.32. The van der Waals surface area contributed by atoms with Crippen molar-refractivity contribution in [2.75, 3.05) is 18.5 Å². The standard InChI is InChI=1S/C13H15N/c1-14-9-10-5-4-7-11(10)12-6-2-3-8-13(12)14/h2-4,6-8,10-11H,5,9H2,1H3/t10-,11-/m1/s1. The molecule has 1 aliphatic heterocycles. The molecule has 0 aromatic heterocycles. The molecule has 1 aliphatic carbocycles. The number of hydrogen-bond acceptors (Lipinski definition) is 1. The summed E-state index contributed by atoms with van der Waals surface area (Å²) < 4.78 is 0. The second-order valence-corrected chi connectivity index (χ2v) is 4.39. The van der Waals surface area contributed by atoms with E-state index in [0.717, 1.165) is 5.92 Å². The molecule has 0 amide bonds. The van der Waals surface area contributed by atoms with Crippen molar-refractivity contribution in [2.24, 2.45) is 5.92 Å². The van der Waals surface area contributed by atoms with E-state index in [4.69, 9.17) is 0 Å². The van der Waals surface area contributed by atoms with E-state index in [-0.39, 0.29) is 0 Å². The Kier molecular flexibility index (Phi) is 1.66. The third kappa shape index (κ3) is 1.02. The molecule has 0 N–H and O–H groups in total. The van der Waals surface area contributed by atoms with Gasteiger partial charge in [-0.05, 0) is 24.0 Å². The van der Waals surface area contributed by atoms with Crippen molar-refractivity contribution in [2.45, 2.75) is 12.3 Å². The molecule has 1 aromatic rings. The maximum absolute atomic E-state index is 2.39. The molecule has 0 saturated carbocycles. The van der Waals surface area contributed by atoms with Crippen LogP contribution in [0.3, 0.4) is 0 Å². The van der Waals surface area contributed by atoms with Gasteiger partial charge in [0.25, 0.3) is 0 Å². The smallest absolute Gasteiger partial charge is 0.0402 e. The van der Waals surface area contributed by atoms with E-state index in [2.05, 4.69) is 48.4 Å². The first-order chi connectivity index (χ1) is 6.86. The first-order valence-corrected chi connectivity index (χ1v) is 5.33. The van der Waals surface area contributed by atoms with Crippen molar-refractivity contribution < 1.29 is 0 Å². The van der Waals surface area contributed by atoms with Crippen LogP contribution < -0.4 is 4.90 Å². The van der Waals surface area contributed by atoms with Crippen LogP contribution in [-0.4, -0.2) is 13.6 Å². The summed E-state index contributed by atoms with van der Waals surface area (Å²) in [4.78, 5) is 2.39. The van der Waals surface area contributed by atoms with Crippen LogP contribution in [-0.2, 0) is 0 Å². The lowest BCUT2D eigenvalue weighted by atomic mass is 9.84. The van der Waals surface area contributed by atoms with Crippen LogP contribution in [0.15, 0.2) is 36.4 Å². The van der Waals surface area contributed by atoms with Crippen molar-refractivity contribution >= 4 is 5.69 Å². The molecular weight excluding hydrogens is 170 g/mol. The number of benzene rings is 1. The summed E-state index contributed by atoms with van der Waals surface area (Å²) in [5.74, 6) is 1.50. The molecule has 2 atom stereocenters. The van der Waals surface area contributed by atoms with Gasteiger partial charge >= 0.3 is 0 Å². The molecular formula is C13H15N. The lowest BCUT2D eigenvalue weighted by molar-refractivity contribution is 0.489. The first-order valence-electron chi connectivity index (χ1n) is 5.33. The van der Waals surface area contributed by atoms with Gasteiger partial charge < -0.3 is 4.90 Å². The predicted octanol–water partition coefficient (Wildman–Crippen LogP) is 2.80. The number of hydrogen-bond donors (Lipinski definition) is 0.